The molecule has 1 nitrogen and oxygen atoms in total. The molecule has 0 fully saturated rings. The van der Waals surface area contributed by atoms with Crippen LogP contribution in [0.5, 0.6) is 0 Å². The predicted molar refractivity (Wildman–Crippen MR) is 54.6 cm³/mol. The van der Waals surface area contributed by atoms with Crippen LogP contribution in [0, 0.1) is 3.57 Å². The minimum Gasteiger partial charge on any atom is -0.284 e. The highest BCUT2D eigenvalue weighted by Crippen LogP contribution is 2.25. The number of ketones is 1. The van der Waals surface area contributed by atoms with Gasteiger partial charge in [0.1, 0.15) is 0 Å². The van der Waals surface area contributed by atoms with Crippen LogP contribution in [-0.4, -0.2) is 12.0 Å². The van der Waals surface area contributed by atoms with Gasteiger partial charge in [0.05, 0.1) is 5.02 Å². The minimum absolute atomic E-state index is 0.140. The summed E-state index contributed by atoms with van der Waals surface area (Å²) >= 11 is 7.44. The van der Waals surface area contributed by atoms with Crippen molar-refractivity contribution < 1.29 is 18.0 Å². The van der Waals surface area contributed by atoms with Crippen LogP contribution in [0.3, 0.4) is 0 Å². The molecule has 0 saturated heterocycles. The highest BCUT2D eigenvalue weighted by atomic mass is 127. The SMILES string of the molecule is O=C(c1ccc(I)c(Cl)c1)C(F)(F)F. The standard InChI is InChI=1S/C8H3ClF3IO/c9-5-3-4(1-2-6(5)13)7(14)8(10,11)12/h1-3H. The number of hydrogen-bond donors (Lipinski definition) is 0. The molecule has 1 aromatic rings. The third-order valence-corrected chi connectivity index (χ3v) is 3.01. The van der Waals surface area contributed by atoms with Crippen LogP contribution in [0.4, 0.5) is 13.2 Å². The van der Waals surface area contributed by atoms with Crippen LogP contribution in [0.2, 0.25) is 5.02 Å². The van der Waals surface area contributed by atoms with E-state index in [1.165, 1.54) is 6.07 Å². The molecule has 0 aliphatic heterocycles. The van der Waals surface area contributed by atoms with E-state index in [0.717, 1.165) is 12.1 Å². The molecule has 14 heavy (non-hydrogen) atoms. The summed E-state index contributed by atoms with van der Waals surface area (Å²) in [7, 11) is 0. The smallest absolute Gasteiger partial charge is 0.284 e. The van der Waals surface area contributed by atoms with E-state index >= 15 is 0 Å². The Balaban J connectivity index is 3.10. The van der Waals surface area contributed by atoms with Crippen molar-refractivity contribution in [2.75, 3.05) is 0 Å². The van der Waals surface area contributed by atoms with Gasteiger partial charge in [0, 0.05) is 9.13 Å². The molecule has 0 amide bonds. The second-order valence-electron chi connectivity index (χ2n) is 2.46. The molecule has 1 rings (SSSR count). The van der Waals surface area contributed by atoms with Crippen molar-refractivity contribution in [3.05, 3.63) is 32.4 Å². The van der Waals surface area contributed by atoms with E-state index in [0.29, 0.717) is 3.57 Å². The van der Waals surface area contributed by atoms with Gasteiger partial charge in [0.25, 0.3) is 5.78 Å². The van der Waals surface area contributed by atoms with Gasteiger partial charge < -0.3 is 0 Å². The summed E-state index contributed by atoms with van der Waals surface area (Å²) in [6.45, 7) is 0. The Morgan fingerprint density at radius 1 is 1.36 bits per heavy atom. The Morgan fingerprint density at radius 3 is 2.36 bits per heavy atom. The lowest BCUT2D eigenvalue weighted by Crippen LogP contribution is -2.22. The summed E-state index contributed by atoms with van der Waals surface area (Å²) in [5, 5.41) is 0.140. The first-order valence-corrected chi connectivity index (χ1v) is 4.84. The first kappa shape index (κ1) is 11.8. The molecule has 76 valence electrons. The zero-order valence-corrected chi connectivity index (χ0v) is 9.44. The summed E-state index contributed by atoms with van der Waals surface area (Å²) in [6, 6.07) is 3.48. The molecule has 0 saturated carbocycles. The lowest BCUT2D eigenvalue weighted by Gasteiger charge is -2.05. The monoisotopic (exact) mass is 334 g/mol. The molecule has 0 bridgehead atoms. The molecule has 0 atom stereocenters. The topological polar surface area (TPSA) is 17.1 Å². The fraction of sp³-hybridized carbons (Fsp3) is 0.125. The number of halogens is 5. The fourth-order valence-electron chi connectivity index (χ4n) is 0.801. The molecule has 0 N–H and O–H groups in total. The van der Waals surface area contributed by atoms with E-state index in [2.05, 4.69) is 0 Å². The molecule has 6 heteroatoms. The Hall–Kier alpha value is -0.300. The largest absolute Gasteiger partial charge is 0.454 e. The van der Waals surface area contributed by atoms with Crippen molar-refractivity contribution in [3.63, 3.8) is 0 Å². The van der Waals surface area contributed by atoms with Crippen LogP contribution >= 0.6 is 34.2 Å². The van der Waals surface area contributed by atoms with E-state index in [-0.39, 0.29) is 5.02 Å². The summed E-state index contributed by atoms with van der Waals surface area (Å²) in [6.07, 6.45) is -4.85. The fourth-order valence-corrected chi connectivity index (χ4v) is 1.32. The van der Waals surface area contributed by atoms with Crippen molar-refractivity contribution in [2.45, 2.75) is 6.18 Å². The highest BCUT2D eigenvalue weighted by Gasteiger charge is 2.39. The predicted octanol–water partition coefficient (Wildman–Crippen LogP) is 3.69. The number of carbonyl (C=O) groups is 1. The van der Waals surface area contributed by atoms with Gasteiger partial charge >= 0.3 is 6.18 Å². The Bertz CT molecular complexity index is 375. The van der Waals surface area contributed by atoms with E-state index in [9.17, 15) is 18.0 Å². The number of Topliss-reactive ketones (excluding diaryl/α,β-unsaturated/α-hetero) is 1. The van der Waals surface area contributed by atoms with Crippen molar-refractivity contribution in [1.29, 1.82) is 0 Å². The third kappa shape index (κ3) is 2.60. The number of rotatable bonds is 1. The molecule has 0 spiro atoms. The van der Waals surface area contributed by atoms with E-state index in [1.54, 1.807) is 0 Å². The average Bonchev–Trinajstić information content (AvgIpc) is 2.07. The zero-order chi connectivity index (χ0) is 10.9. The summed E-state index contributed by atoms with van der Waals surface area (Å²) in [5.74, 6) is -1.88. The van der Waals surface area contributed by atoms with Gasteiger partial charge in [-0.2, -0.15) is 13.2 Å². The zero-order valence-electron chi connectivity index (χ0n) is 6.53. The molecule has 0 aliphatic rings. The maximum Gasteiger partial charge on any atom is 0.454 e. The van der Waals surface area contributed by atoms with Crippen molar-refractivity contribution in [3.8, 4) is 0 Å². The van der Waals surface area contributed by atoms with E-state index in [1.807, 2.05) is 22.6 Å². The van der Waals surface area contributed by atoms with Crippen molar-refractivity contribution in [1.82, 2.24) is 0 Å². The Kier molecular flexibility index (Phi) is 3.41. The van der Waals surface area contributed by atoms with Crippen molar-refractivity contribution >= 4 is 40.0 Å². The summed E-state index contributed by atoms with van der Waals surface area (Å²) in [5.41, 5.74) is -0.442. The van der Waals surface area contributed by atoms with Gasteiger partial charge in [-0.15, -0.1) is 0 Å². The number of benzene rings is 1. The Morgan fingerprint density at radius 2 is 1.93 bits per heavy atom. The number of alkyl halides is 3. The second-order valence-corrected chi connectivity index (χ2v) is 4.03. The quantitative estimate of drug-likeness (QED) is 0.565. The van der Waals surface area contributed by atoms with Gasteiger partial charge in [-0.3, -0.25) is 4.79 Å². The third-order valence-electron chi connectivity index (χ3n) is 1.44. The lowest BCUT2D eigenvalue weighted by atomic mass is 10.1. The molecule has 0 unspecified atom stereocenters. The number of carbonyl (C=O) groups excluding carboxylic acids is 1. The van der Waals surface area contributed by atoms with Gasteiger partial charge in [0.2, 0.25) is 0 Å². The second kappa shape index (κ2) is 4.06. The van der Waals surface area contributed by atoms with Crippen LogP contribution in [0.1, 0.15) is 10.4 Å². The normalized spacial score (nSPS) is 11.5. The summed E-state index contributed by atoms with van der Waals surface area (Å²) < 4.78 is 36.5. The van der Waals surface area contributed by atoms with Crippen LogP contribution in [0.15, 0.2) is 18.2 Å². The lowest BCUT2D eigenvalue weighted by molar-refractivity contribution is -0.0885. The van der Waals surface area contributed by atoms with Gasteiger partial charge in [-0.05, 0) is 40.8 Å². The van der Waals surface area contributed by atoms with Crippen LogP contribution in [-0.2, 0) is 0 Å². The molecular weight excluding hydrogens is 331 g/mol. The molecule has 0 aromatic heterocycles. The average molecular weight is 334 g/mol. The van der Waals surface area contributed by atoms with E-state index < -0.39 is 17.5 Å². The molecule has 0 heterocycles. The molecular formula is C8H3ClF3IO. The van der Waals surface area contributed by atoms with Gasteiger partial charge in [-0.25, -0.2) is 0 Å². The van der Waals surface area contributed by atoms with Crippen molar-refractivity contribution in [2.24, 2.45) is 0 Å². The Labute approximate surface area is 96.4 Å². The number of hydrogen-bond acceptors (Lipinski definition) is 1. The summed E-state index contributed by atoms with van der Waals surface area (Å²) in [4.78, 5) is 10.7. The minimum atomic E-state index is -4.85. The molecule has 0 radical (unpaired) electrons. The molecule has 1 aromatic carbocycles. The maximum absolute atomic E-state index is 12.0. The molecule has 0 aliphatic carbocycles. The first-order valence-electron chi connectivity index (χ1n) is 3.39. The van der Waals surface area contributed by atoms with Crippen LogP contribution < -0.4 is 0 Å². The van der Waals surface area contributed by atoms with Gasteiger partial charge in [0.15, 0.2) is 0 Å². The maximum atomic E-state index is 12.0. The first-order chi connectivity index (χ1) is 6.32. The van der Waals surface area contributed by atoms with E-state index in [4.69, 9.17) is 11.6 Å². The highest BCUT2D eigenvalue weighted by molar-refractivity contribution is 14.1. The van der Waals surface area contributed by atoms with Gasteiger partial charge in [-0.1, -0.05) is 11.6 Å². The van der Waals surface area contributed by atoms with Crippen LogP contribution in [0.25, 0.3) is 0 Å².